The van der Waals surface area contributed by atoms with Crippen molar-refractivity contribution in [2.24, 2.45) is 13.0 Å². The number of carbonyl (C=O) groups excluding carboxylic acids is 2. The Morgan fingerprint density at radius 2 is 2.07 bits per heavy atom. The molecule has 1 aliphatic rings. The van der Waals surface area contributed by atoms with E-state index in [0.29, 0.717) is 18.0 Å². The molecule has 1 aromatic carbocycles. The third kappa shape index (κ3) is 4.85. The standard InChI is InChI=1S/C19H24N4O4/c1-23-12-13(9-21-23)16-10-20-11-17(16)19(25)22-14-3-5-15(6-4-14)27-8-7-18(24)26-2/h3-6,9,12,16-17,20H,7-8,10-11H2,1-2H3,(H,22,25)/t16-,17+/m1/s1. The second-order valence-electron chi connectivity index (χ2n) is 6.51. The molecule has 0 spiro atoms. The molecule has 2 atom stereocenters. The minimum absolute atomic E-state index is 0.0202. The maximum atomic E-state index is 12.7. The summed E-state index contributed by atoms with van der Waals surface area (Å²) in [6.07, 6.45) is 3.97. The molecule has 1 aromatic heterocycles. The first kappa shape index (κ1) is 18.9. The molecule has 0 bridgehead atoms. The number of aromatic nitrogens is 2. The summed E-state index contributed by atoms with van der Waals surface area (Å²) in [5, 5.41) is 10.5. The van der Waals surface area contributed by atoms with E-state index in [4.69, 9.17) is 4.74 Å². The maximum Gasteiger partial charge on any atom is 0.308 e. The van der Waals surface area contributed by atoms with Crippen molar-refractivity contribution in [2.45, 2.75) is 12.3 Å². The summed E-state index contributed by atoms with van der Waals surface area (Å²) in [5.74, 6) is 0.262. The zero-order valence-corrected chi connectivity index (χ0v) is 15.5. The van der Waals surface area contributed by atoms with E-state index in [0.717, 1.165) is 12.1 Å². The number of amides is 1. The highest BCUT2D eigenvalue weighted by atomic mass is 16.5. The molecular formula is C19H24N4O4. The van der Waals surface area contributed by atoms with Gasteiger partial charge in [-0.1, -0.05) is 0 Å². The fourth-order valence-corrected chi connectivity index (χ4v) is 3.16. The minimum atomic E-state index is -0.313. The summed E-state index contributed by atoms with van der Waals surface area (Å²) in [6.45, 7) is 1.65. The van der Waals surface area contributed by atoms with Crippen molar-refractivity contribution in [3.63, 3.8) is 0 Å². The normalized spacial score (nSPS) is 18.9. The van der Waals surface area contributed by atoms with Crippen molar-refractivity contribution in [3.8, 4) is 5.75 Å². The molecule has 27 heavy (non-hydrogen) atoms. The molecule has 144 valence electrons. The van der Waals surface area contributed by atoms with Crippen LogP contribution in [0.1, 0.15) is 17.9 Å². The summed E-state index contributed by atoms with van der Waals surface area (Å²) in [4.78, 5) is 23.8. The molecule has 1 aliphatic heterocycles. The number of anilines is 1. The number of aryl methyl sites for hydroxylation is 1. The summed E-state index contributed by atoms with van der Waals surface area (Å²) in [6, 6.07) is 7.09. The predicted octanol–water partition coefficient (Wildman–Crippen LogP) is 1.30. The molecule has 0 saturated carbocycles. The minimum Gasteiger partial charge on any atom is -0.493 e. The van der Waals surface area contributed by atoms with Gasteiger partial charge in [-0.05, 0) is 29.8 Å². The SMILES string of the molecule is COC(=O)CCOc1ccc(NC(=O)[C@H]2CNC[C@@H]2c2cnn(C)c2)cc1. The Morgan fingerprint density at radius 3 is 2.74 bits per heavy atom. The second-order valence-corrected chi connectivity index (χ2v) is 6.51. The van der Waals surface area contributed by atoms with E-state index in [-0.39, 0.29) is 36.7 Å². The van der Waals surface area contributed by atoms with Gasteiger partial charge in [0, 0.05) is 37.9 Å². The molecule has 0 aliphatic carbocycles. The van der Waals surface area contributed by atoms with Gasteiger partial charge >= 0.3 is 5.97 Å². The number of esters is 1. The number of rotatable bonds is 7. The van der Waals surface area contributed by atoms with E-state index in [9.17, 15) is 9.59 Å². The lowest BCUT2D eigenvalue weighted by Gasteiger charge is -2.17. The van der Waals surface area contributed by atoms with Crippen LogP contribution in [0.15, 0.2) is 36.7 Å². The Labute approximate surface area is 157 Å². The van der Waals surface area contributed by atoms with Crippen molar-refractivity contribution < 1.29 is 19.1 Å². The number of carbonyl (C=O) groups is 2. The number of nitrogens with one attached hydrogen (secondary N) is 2. The quantitative estimate of drug-likeness (QED) is 0.712. The summed E-state index contributed by atoms with van der Waals surface area (Å²) in [7, 11) is 3.22. The van der Waals surface area contributed by atoms with Crippen LogP contribution in [0.3, 0.4) is 0 Å². The highest BCUT2D eigenvalue weighted by molar-refractivity contribution is 5.93. The fourth-order valence-electron chi connectivity index (χ4n) is 3.16. The van der Waals surface area contributed by atoms with Gasteiger partial charge in [0.25, 0.3) is 0 Å². The van der Waals surface area contributed by atoms with Gasteiger partial charge in [-0.2, -0.15) is 5.10 Å². The first-order valence-electron chi connectivity index (χ1n) is 8.86. The van der Waals surface area contributed by atoms with Gasteiger partial charge in [-0.3, -0.25) is 14.3 Å². The summed E-state index contributed by atoms with van der Waals surface area (Å²) >= 11 is 0. The Morgan fingerprint density at radius 1 is 1.30 bits per heavy atom. The Hall–Kier alpha value is -2.87. The second kappa shape index (κ2) is 8.68. The van der Waals surface area contributed by atoms with Gasteiger partial charge < -0.3 is 20.1 Å². The molecule has 1 fully saturated rings. The number of benzene rings is 1. The van der Waals surface area contributed by atoms with Gasteiger partial charge in [0.2, 0.25) is 5.91 Å². The van der Waals surface area contributed by atoms with E-state index in [2.05, 4.69) is 20.5 Å². The van der Waals surface area contributed by atoms with E-state index in [1.54, 1.807) is 28.9 Å². The van der Waals surface area contributed by atoms with Crippen molar-refractivity contribution in [1.29, 1.82) is 0 Å². The Balaban J connectivity index is 1.55. The molecule has 2 N–H and O–H groups in total. The third-order valence-corrected chi connectivity index (χ3v) is 4.63. The topological polar surface area (TPSA) is 94.5 Å². The smallest absolute Gasteiger partial charge is 0.308 e. The van der Waals surface area contributed by atoms with Crippen molar-refractivity contribution >= 4 is 17.6 Å². The van der Waals surface area contributed by atoms with Gasteiger partial charge in [0.15, 0.2) is 0 Å². The fraction of sp³-hybridized carbons (Fsp3) is 0.421. The van der Waals surface area contributed by atoms with E-state index in [1.807, 2.05) is 19.4 Å². The Kier molecular flexibility index (Phi) is 6.08. The average molecular weight is 372 g/mol. The van der Waals surface area contributed by atoms with Crippen LogP contribution in [0.4, 0.5) is 5.69 Å². The number of nitrogens with zero attached hydrogens (tertiary/aromatic N) is 2. The highest BCUT2D eigenvalue weighted by Gasteiger charge is 2.34. The lowest BCUT2D eigenvalue weighted by atomic mass is 9.90. The first-order valence-corrected chi connectivity index (χ1v) is 8.86. The van der Waals surface area contributed by atoms with E-state index in [1.165, 1.54) is 7.11 Å². The third-order valence-electron chi connectivity index (χ3n) is 4.63. The molecular weight excluding hydrogens is 348 g/mol. The molecule has 8 nitrogen and oxygen atoms in total. The molecule has 0 radical (unpaired) electrons. The van der Waals surface area contributed by atoms with Crippen LogP contribution in [0.2, 0.25) is 0 Å². The van der Waals surface area contributed by atoms with Crippen LogP contribution in [0.25, 0.3) is 0 Å². The van der Waals surface area contributed by atoms with Crippen LogP contribution < -0.4 is 15.4 Å². The maximum absolute atomic E-state index is 12.7. The first-order chi connectivity index (χ1) is 13.1. The number of ether oxygens (including phenoxy) is 2. The number of methoxy groups -OCH3 is 1. The number of hydrogen-bond donors (Lipinski definition) is 2. The lowest BCUT2D eigenvalue weighted by Crippen LogP contribution is -2.28. The molecule has 8 heteroatoms. The molecule has 3 rings (SSSR count). The molecule has 2 heterocycles. The molecule has 1 saturated heterocycles. The summed E-state index contributed by atoms with van der Waals surface area (Å²) in [5.41, 5.74) is 1.77. The van der Waals surface area contributed by atoms with E-state index >= 15 is 0 Å². The van der Waals surface area contributed by atoms with Gasteiger partial charge in [0.1, 0.15) is 5.75 Å². The van der Waals surface area contributed by atoms with Crippen LogP contribution >= 0.6 is 0 Å². The van der Waals surface area contributed by atoms with Crippen molar-refractivity contribution in [1.82, 2.24) is 15.1 Å². The monoisotopic (exact) mass is 372 g/mol. The zero-order valence-electron chi connectivity index (χ0n) is 15.5. The molecule has 2 aromatic rings. The van der Waals surface area contributed by atoms with Crippen LogP contribution in [-0.2, 0) is 21.4 Å². The lowest BCUT2D eigenvalue weighted by molar-refractivity contribution is -0.141. The van der Waals surface area contributed by atoms with Crippen LogP contribution in [0, 0.1) is 5.92 Å². The number of hydrogen-bond acceptors (Lipinski definition) is 6. The van der Waals surface area contributed by atoms with Crippen LogP contribution in [-0.4, -0.2) is 48.5 Å². The summed E-state index contributed by atoms with van der Waals surface area (Å²) < 4.78 is 11.8. The zero-order chi connectivity index (χ0) is 19.2. The molecule has 0 unspecified atom stereocenters. The van der Waals surface area contributed by atoms with E-state index < -0.39 is 0 Å². The largest absolute Gasteiger partial charge is 0.493 e. The predicted molar refractivity (Wildman–Crippen MR) is 99.5 cm³/mol. The van der Waals surface area contributed by atoms with Crippen molar-refractivity contribution in [3.05, 3.63) is 42.2 Å². The van der Waals surface area contributed by atoms with Crippen LogP contribution in [0.5, 0.6) is 5.75 Å². The van der Waals surface area contributed by atoms with Gasteiger partial charge in [-0.25, -0.2) is 0 Å². The van der Waals surface area contributed by atoms with Gasteiger partial charge in [0.05, 0.1) is 32.3 Å². The Bertz CT molecular complexity index is 787. The average Bonchev–Trinajstić information content (AvgIpc) is 3.31. The molecule has 1 amide bonds. The highest BCUT2D eigenvalue weighted by Crippen LogP contribution is 2.29. The van der Waals surface area contributed by atoms with Gasteiger partial charge in [-0.15, -0.1) is 0 Å². The van der Waals surface area contributed by atoms with Crippen molar-refractivity contribution in [2.75, 3.05) is 32.1 Å².